The second kappa shape index (κ2) is 11.6. The van der Waals surface area contributed by atoms with Crippen molar-refractivity contribution in [3.05, 3.63) is 107 Å². The van der Waals surface area contributed by atoms with Crippen molar-refractivity contribution in [1.82, 2.24) is 9.88 Å². The van der Waals surface area contributed by atoms with Crippen molar-refractivity contribution in [3.63, 3.8) is 0 Å². The lowest BCUT2D eigenvalue weighted by Crippen LogP contribution is -2.18. The maximum absolute atomic E-state index is 12.1. The van der Waals surface area contributed by atoms with Gasteiger partial charge in [0.1, 0.15) is 0 Å². The van der Waals surface area contributed by atoms with E-state index >= 15 is 0 Å². The number of nitrogens with two attached hydrogens (primary N) is 1. The van der Waals surface area contributed by atoms with Crippen LogP contribution in [0.25, 0.3) is 10.9 Å². The zero-order valence-electron chi connectivity index (χ0n) is 21.8. The van der Waals surface area contributed by atoms with Gasteiger partial charge in [0.2, 0.25) is 0 Å². The molecular weight excluding hydrogens is 476 g/mol. The molecule has 1 aliphatic heterocycles. The van der Waals surface area contributed by atoms with Gasteiger partial charge in [-0.1, -0.05) is 38.1 Å². The predicted molar refractivity (Wildman–Crippen MR) is 153 cm³/mol. The summed E-state index contributed by atoms with van der Waals surface area (Å²) in [7, 11) is 2.06. The maximum atomic E-state index is 12.1. The van der Waals surface area contributed by atoms with Crippen LogP contribution in [0.1, 0.15) is 63.0 Å². The van der Waals surface area contributed by atoms with Crippen molar-refractivity contribution in [2.75, 3.05) is 24.6 Å². The fraction of sp³-hybridized carbons (Fsp3) is 0.194. The van der Waals surface area contributed by atoms with Crippen LogP contribution in [0.3, 0.4) is 0 Å². The molecular formula is C31H32N4O3. The Morgan fingerprint density at radius 3 is 2.53 bits per heavy atom. The van der Waals surface area contributed by atoms with Crippen LogP contribution in [-0.4, -0.2) is 41.5 Å². The van der Waals surface area contributed by atoms with E-state index in [-0.39, 0.29) is 11.7 Å². The number of anilines is 2. The number of aromatic nitrogens is 1. The standard InChI is InChI=1S/C16H13N3O2.C13H13NO.C2H6/c17-12-3-1-10(2-4-12)16(21)19-13-5-6-15-11(7-13)8-14(9-20)18-15;1-14-7-6-10-9-4-2-3-5-11(9)13(15)8-12(10)14;1-2/h1-9,18H,17H2,(H,19,21);2-5,8,10H,6-7H2,1H3;1-2H3. The van der Waals surface area contributed by atoms with Crippen LogP contribution in [0.2, 0.25) is 0 Å². The summed E-state index contributed by atoms with van der Waals surface area (Å²) in [5.74, 6) is 0.398. The molecule has 6 rings (SSSR count). The number of nitrogens with one attached hydrogen (secondary N) is 2. The van der Waals surface area contributed by atoms with Crippen molar-refractivity contribution in [2.45, 2.75) is 26.2 Å². The highest BCUT2D eigenvalue weighted by Crippen LogP contribution is 2.40. The number of amides is 1. The zero-order valence-corrected chi connectivity index (χ0v) is 21.8. The molecule has 0 spiro atoms. The van der Waals surface area contributed by atoms with Gasteiger partial charge in [0.25, 0.3) is 5.91 Å². The number of rotatable bonds is 3. The molecule has 1 unspecified atom stereocenters. The minimum Gasteiger partial charge on any atom is -0.399 e. The van der Waals surface area contributed by atoms with Crippen LogP contribution in [0.15, 0.2) is 84.6 Å². The number of carbonyl (C=O) groups excluding carboxylic acids is 3. The van der Waals surface area contributed by atoms with Crippen LogP contribution in [-0.2, 0) is 0 Å². The molecule has 38 heavy (non-hydrogen) atoms. The Labute approximate surface area is 222 Å². The van der Waals surface area contributed by atoms with Gasteiger partial charge >= 0.3 is 0 Å². The lowest BCUT2D eigenvalue weighted by Gasteiger charge is -2.23. The number of hydrogen-bond acceptors (Lipinski definition) is 5. The van der Waals surface area contributed by atoms with Crippen molar-refractivity contribution >= 4 is 40.3 Å². The Bertz CT molecular complexity index is 1500. The highest BCUT2D eigenvalue weighted by Gasteiger charge is 2.33. The van der Waals surface area contributed by atoms with E-state index in [1.165, 1.54) is 11.3 Å². The number of ketones is 1. The van der Waals surface area contributed by atoms with Crippen molar-refractivity contribution in [3.8, 4) is 0 Å². The first-order chi connectivity index (χ1) is 18.4. The summed E-state index contributed by atoms with van der Waals surface area (Å²) in [6.07, 6.45) is 3.69. The SMILES string of the molecule is CC.CN1CCC2C1=CC(=O)c1ccccc12.Nc1ccc(C(=O)Nc2ccc3[nH]c(C=O)cc3c2)cc1. The first kappa shape index (κ1) is 26.4. The maximum Gasteiger partial charge on any atom is 0.255 e. The molecule has 2 aliphatic rings. The summed E-state index contributed by atoms with van der Waals surface area (Å²) < 4.78 is 0. The molecule has 1 aliphatic carbocycles. The molecule has 4 N–H and O–H groups in total. The largest absolute Gasteiger partial charge is 0.399 e. The van der Waals surface area contributed by atoms with E-state index in [4.69, 9.17) is 5.73 Å². The molecule has 0 saturated carbocycles. The van der Waals surface area contributed by atoms with Crippen LogP contribution in [0.4, 0.5) is 11.4 Å². The topological polar surface area (TPSA) is 108 Å². The Hall–Kier alpha value is -4.65. The van der Waals surface area contributed by atoms with Crippen molar-refractivity contribution in [1.29, 1.82) is 0 Å². The predicted octanol–water partition coefficient (Wildman–Crippen LogP) is 6.03. The molecule has 1 saturated heterocycles. The van der Waals surface area contributed by atoms with Gasteiger partial charge in [-0.05, 0) is 60.5 Å². The van der Waals surface area contributed by atoms with Crippen LogP contribution < -0.4 is 11.1 Å². The summed E-state index contributed by atoms with van der Waals surface area (Å²) in [5, 5.41) is 3.68. The second-order valence-corrected chi connectivity index (χ2v) is 9.00. The highest BCUT2D eigenvalue weighted by molar-refractivity contribution is 6.08. The number of nitrogens with zero attached hydrogens (tertiary/aromatic N) is 1. The monoisotopic (exact) mass is 508 g/mol. The number of nitrogen functional groups attached to an aromatic ring is 1. The van der Waals surface area contributed by atoms with Gasteiger partial charge in [-0.3, -0.25) is 14.4 Å². The molecule has 1 fully saturated rings. The third kappa shape index (κ3) is 5.52. The second-order valence-electron chi connectivity index (χ2n) is 9.00. The number of aldehydes is 1. The number of hydrogen-bond donors (Lipinski definition) is 3. The molecule has 3 aromatic carbocycles. The minimum atomic E-state index is -0.208. The fourth-order valence-electron chi connectivity index (χ4n) is 4.76. The summed E-state index contributed by atoms with van der Waals surface area (Å²) in [6.45, 7) is 5.05. The van der Waals surface area contributed by atoms with Crippen molar-refractivity contribution < 1.29 is 14.4 Å². The van der Waals surface area contributed by atoms with E-state index in [0.29, 0.717) is 28.6 Å². The van der Waals surface area contributed by atoms with Gasteiger partial charge in [0, 0.05) is 64.7 Å². The number of likely N-dealkylation sites (tertiary alicyclic amines) is 1. The van der Waals surface area contributed by atoms with Gasteiger partial charge in [-0.2, -0.15) is 0 Å². The zero-order chi connectivity index (χ0) is 27.2. The Kier molecular flexibility index (Phi) is 8.06. The number of aromatic amines is 1. The molecule has 0 radical (unpaired) electrons. The lowest BCUT2D eigenvalue weighted by atomic mass is 9.85. The smallest absolute Gasteiger partial charge is 0.255 e. The number of carbonyl (C=O) groups is 3. The number of fused-ring (bicyclic) bond motifs is 4. The summed E-state index contributed by atoms with van der Waals surface area (Å²) >= 11 is 0. The van der Waals surface area contributed by atoms with E-state index in [0.717, 1.165) is 35.7 Å². The van der Waals surface area contributed by atoms with E-state index in [9.17, 15) is 14.4 Å². The molecule has 7 heteroatoms. The van der Waals surface area contributed by atoms with Crippen molar-refractivity contribution in [2.24, 2.45) is 0 Å². The summed E-state index contributed by atoms with van der Waals surface area (Å²) in [5.41, 5.74) is 12.1. The van der Waals surface area contributed by atoms with Gasteiger partial charge in [0.05, 0.1) is 5.69 Å². The first-order valence-electron chi connectivity index (χ1n) is 12.7. The average molecular weight is 509 g/mol. The average Bonchev–Trinajstić information content (AvgIpc) is 3.53. The Morgan fingerprint density at radius 2 is 1.79 bits per heavy atom. The number of likely N-dealkylation sites (N-methyl/N-ethyl adjacent to an activating group) is 1. The van der Waals surface area contributed by atoms with Gasteiger partial charge in [-0.25, -0.2) is 0 Å². The molecule has 2 heterocycles. The van der Waals surface area contributed by atoms with Crippen LogP contribution >= 0.6 is 0 Å². The number of benzene rings is 3. The molecule has 1 amide bonds. The quantitative estimate of drug-likeness (QED) is 0.231. The Morgan fingerprint density at radius 1 is 1.05 bits per heavy atom. The minimum absolute atomic E-state index is 0.158. The number of H-pyrrole nitrogens is 1. The van der Waals surface area contributed by atoms with E-state index in [1.54, 1.807) is 42.5 Å². The third-order valence-corrected chi connectivity index (χ3v) is 6.63. The van der Waals surface area contributed by atoms with Crippen LogP contribution in [0.5, 0.6) is 0 Å². The Balaban J connectivity index is 0.000000174. The molecule has 0 bridgehead atoms. The molecule has 194 valence electrons. The van der Waals surface area contributed by atoms with Gasteiger partial charge < -0.3 is 20.9 Å². The van der Waals surface area contributed by atoms with E-state index < -0.39 is 0 Å². The van der Waals surface area contributed by atoms with Crippen LogP contribution in [0, 0.1) is 0 Å². The number of allylic oxidation sites excluding steroid dienone is 2. The van der Waals surface area contributed by atoms with E-state index in [2.05, 4.69) is 28.3 Å². The van der Waals surface area contributed by atoms with Gasteiger partial charge in [0.15, 0.2) is 12.1 Å². The van der Waals surface area contributed by atoms with E-state index in [1.807, 2.05) is 44.2 Å². The third-order valence-electron chi connectivity index (χ3n) is 6.63. The summed E-state index contributed by atoms with van der Waals surface area (Å²) in [4.78, 5) is 39.9. The summed E-state index contributed by atoms with van der Waals surface area (Å²) in [6, 6.07) is 21.8. The normalized spacial score (nSPS) is 15.2. The first-order valence-corrected chi connectivity index (χ1v) is 12.7. The lowest BCUT2D eigenvalue weighted by molar-refractivity contribution is 0.102. The van der Waals surface area contributed by atoms with Gasteiger partial charge in [-0.15, -0.1) is 0 Å². The molecule has 1 aromatic heterocycles. The molecule has 7 nitrogen and oxygen atoms in total. The highest BCUT2D eigenvalue weighted by atomic mass is 16.1. The molecule has 4 aromatic rings. The fourth-order valence-corrected chi connectivity index (χ4v) is 4.76. The molecule has 1 atom stereocenters.